The van der Waals surface area contributed by atoms with Crippen LogP contribution in [0.25, 0.3) is 33.2 Å². The van der Waals surface area contributed by atoms with Gasteiger partial charge >= 0.3 is 0 Å². The number of pyridine rings is 2. The van der Waals surface area contributed by atoms with Crippen molar-refractivity contribution in [1.29, 1.82) is 0 Å². The number of hydrogen-bond acceptors (Lipinski definition) is 5. The monoisotopic (exact) mass is 376 g/mol. The number of nitrogens with one attached hydrogen (secondary N) is 1. The molecule has 6 nitrogen and oxygen atoms in total. The largest absolute Gasteiger partial charge is 0.369 e. The second-order valence-corrected chi connectivity index (χ2v) is 7.39. The number of aryl methyl sites for hydroxylation is 1. The maximum Gasteiger partial charge on any atom is 0.159 e. The first-order valence-electron chi connectivity index (χ1n) is 9.42. The standard InChI is InChI=1S/C21H21FN6/c1-27-12-15-7-14(9-18(22)20(15)26-27)19-4-3-13-8-17(11-24-21(13)25-19)28(2)16-5-6-23-10-16/h3-4,7-9,11-12,16,23H,5-6,10H2,1-2H3. The van der Waals surface area contributed by atoms with E-state index in [2.05, 4.69) is 38.4 Å². The van der Waals surface area contributed by atoms with E-state index in [0.717, 1.165) is 41.5 Å². The molecule has 1 aromatic carbocycles. The summed E-state index contributed by atoms with van der Waals surface area (Å²) < 4.78 is 16.0. The van der Waals surface area contributed by atoms with Gasteiger partial charge in [0.15, 0.2) is 11.5 Å². The van der Waals surface area contributed by atoms with Gasteiger partial charge in [-0.1, -0.05) is 0 Å². The van der Waals surface area contributed by atoms with Crippen molar-refractivity contribution >= 4 is 27.6 Å². The number of rotatable bonds is 3. The summed E-state index contributed by atoms with van der Waals surface area (Å²) in [6.45, 7) is 2.05. The minimum atomic E-state index is -0.342. The van der Waals surface area contributed by atoms with Crippen LogP contribution in [0.1, 0.15) is 6.42 Å². The van der Waals surface area contributed by atoms with E-state index in [9.17, 15) is 4.39 Å². The average molecular weight is 376 g/mol. The lowest BCUT2D eigenvalue weighted by Gasteiger charge is -2.25. The number of fused-ring (bicyclic) bond motifs is 2. The minimum Gasteiger partial charge on any atom is -0.369 e. The number of halogens is 1. The SMILES string of the molecule is CN(c1cnc2nc(-c3cc(F)c4nn(C)cc4c3)ccc2c1)C1CCNC1. The van der Waals surface area contributed by atoms with E-state index in [1.165, 1.54) is 6.07 Å². The van der Waals surface area contributed by atoms with E-state index < -0.39 is 0 Å². The Morgan fingerprint density at radius 3 is 2.93 bits per heavy atom. The van der Waals surface area contributed by atoms with Crippen molar-refractivity contribution in [1.82, 2.24) is 25.1 Å². The van der Waals surface area contributed by atoms with Crippen LogP contribution in [-0.4, -0.2) is 45.9 Å². The van der Waals surface area contributed by atoms with Crippen LogP contribution >= 0.6 is 0 Å². The first-order chi connectivity index (χ1) is 13.6. The van der Waals surface area contributed by atoms with Crippen molar-refractivity contribution in [2.45, 2.75) is 12.5 Å². The molecule has 4 heterocycles. The van der Waals surface area contributed by atoms with Gasteiger partial charge in [-0.25, -0.2) is 14.4 Å². The smallest absolute Gasteiger partial charge is 0.159 e. The highest BCUT2D eigenvalue weighted by Crippen LogP contribution is 2.28. The van der Waals surface area contributed by atoms with Crippen LogP contribution in [0, 0.1) is 5.82 Å². The summed E-state index contributed by atoms with van der Waals surface area (Å²) in [6, 6.07) is 9.92. The Balaban J connectivity index is 1.52. The molecule has 0 amide bonds. The Morgan fingerprint density at radius 2 is 2.11 bits per heavy atom. The predicted octanol–water partition coefficient (Wildman–Crippen LogP) is 3.12. The van der Waals surface area contributed by atoms with Gasteiger partial charge in [0.25, 0.3) is 0 Å². The lowest BCUT2D eigenvalue weighted by Crippen LogP contribution is -2.33. The number of aromatic nitrogens is 4. The first kappa shape index (κ1) is 17.1. The Kier molecular flexibility index (Phi) is 3.98. The summed E-state index contributed by atoms with van der Waals surface area (Å²) in [5, 5.41) is 9.28. The van der Waals surface area contributed by atoms with Crippen molar-refractivity contribution in [3.05, 3.63) is 48.5 Å². The van der Waals surface area contributed by atoms with Gasteiger partial charge < -0.3 is 10.2 Å². The quantitative estimate of drug-likeness (QED) is 0.595. The topological polar surface area (TPSA) is 58.9 Å². The molecule has 4 aromatic rings. The maximum atomic E-state index is 14.4. The van der Waals surface area contributed by atoms with Crippen LogP contribution in [0.4, 0.5) is 10.1 Å². The number of hydrogen-bond donors (Lipinski definition) is 1. The minimum absolute atomic E-state index is 0.342. The molecular weight excluding hydrogens is 355 g/mol. The van der Waals surface area contributed by atoms with Gasteiger partial charge in [0.2, 0.25) is 0 Å². The molecule has 1 aliphatic heterocycles. The predicted molar refractivity (Wildman–Crippen MR) is 109 cm³/mol. The molecule has 28 heavy (non-hydrogen) atoms. The number of benzene rings is 1. The Labute approximate surface area is 162 Å². The summed E-state index contributed by atoms with van der Waals surface area (Å²) >= 11 is 0. The van der Waals surface area contributed by atoms with Crippen LogP contribution in [0.3, 0.4) is 0 Å². The average Bonchev–Trinajstić information content (AvgIpc) is 3.36. The van der Waals surface area contributed by atoms with Gasteiger partial charge in [-0.15, -0.1) is 0 Å². The molecule has 7 heteroatoms. The van der Waals surface area contributed by atoms with Crippen LogP contribution < -0.4 is 10.2 Å². The fourth-order valence-corrected chi connectivity index (χ4v) is 3.89. The lowest BCUT2D eigenvalue weighted by molar-refractivity contribution is 0.633. The first-order valence-corrected chi connectivity index (χ1v) is 9.42. The van der Waals surface area contributed by atoms with Gasteiger partial charge in [-0.3, -0.25) is 4.68 Å². The zero-order chi connectivity index (χ0) is 19.3. The van der Waals surface area contributed by atoms with Crippen molar-refractivity contribution in [2.75, 3.05) is 25.0 Å². The Bertz CT molecular complexity index is 1180. The molecule has 0 aliphatic carbocycles. The van der Waals surface area contributed by atoms with E-state index in [1.54, 1.807) is 17.9 Å². The van der Waals surface area contributed by atoms with E-state index in [4.69, 9.17) is 0 Å². The summed E-state index contributed by atoms with van der Waals surface area (Å²) in [7, 11) is 3.89. The lowest BCUT2D eigenvalue weighted by atomic mass is 10.1. The summed E-state index contributed by atoms with van der Waals surface area (Å²) in [6.07, 6.45) is 4.80. The summed E-state index contributed by atoms with van der Waals surface area (Å²) in [4.78, 5) is 11.5. The molecule has 1 N–H and O–H groups in total. The zero-order valence-electron chi connectivity index (χ0n) is 15.9. The summed E-state index contributed by atoms with van der Waals surface area (Å²) in [5.41, 5.74) is 3.54. The molecule has 1 aliphatic rings. The van der Waals surface area contributed by atoms with E-state index in [1.807, 2.05) is 24.4 Å². The second kappa shape index (κ2) is 6.53. The third kappa shape index (κ3) is 2.88. The maximum absolute atomic E-state index is 14.4. The van der Waals surface area contributed by atoms with Crippen LogP contribution in [0.5, 0.6) is 0 Å². The zero-order valence-corrected chi connectivity index (χ0v) is 15.9. The van der Waals surface area contributed by atoms with Gasteiger partial charge in [-0.2, -0.15) is 5.10 Å². The highest BCUT2D eigenvalue weighted by atomic mass is 19.1. The number of nitrogens with zero attached hydrogens (tertiary/aromatic N) is 5. The Morgan fingerprint density at radius 1 is 1.21 bits per heavy atom. The van der Waals surface area contributed by atoms with Gasteiger partial charge in [0, 0.05) is 49.2 Å². The molecule has 0 saturated carbocycles. The van der Waals surface area contributed by atoms with Gasteiger partial charge in [0.1, 0.15) is 5.52 Å². The molecule has 0 radical (unpaired) electrons. The third-order valence-corrected chi connectivity index (χ3v) is 5.49. The van der Waals surface area contributed by atoms with Crippen molar-refractivity contribution in [2.24, 2.45) is 7.05 Å². The van der Waals surface area contributed by atoms with Crippen molar-refractivity contribution < 1.29 is 4.39 Å². The van der Waals surface area contributed by atoms with E-state index in [-0.39, 0.29) is 5.82 Å². The molecule has 1 unspecified atom stereocenters. The molecule has 0 bridgehead atoms. The second-order valence-electron chi connectivity index (χ2n) is 7.39. The van der Waals surface area contributed by atoms with Gasteiger partial charge in [0.05, 0.1) is 17.6 Å². The molecule has 1 saturated heterocycles. The van der Waals surface area contributed by atoms with Crippen molar-refractivity contribution in [3.8, 4) is 11.3 Å². The van der Waals surface area contributed by atoms with Gasteiger partial charge in [-0.05, 0) is 43.3 Å². The van der Waals surface area contributed by atoms with Crippen LogP contribution in [-0.2, 0) is 7.05 Å². The normalized spacial score (nSPS) is 16.9. The van der Waals surface area contributed by atoms with Crippen molar-refractivity contribution in [3.63, 3.8) is 0 Å². The fourth-order valence-electron chi connectivity index (χ4n) is 3.89. The molecule has 0 spiro atoms. The van der Waals surface area contributed by atoms with E-state index >= 15 is 0 Å². The molecule has 1 fully saturated rings. The molecule has 142 valence electrons. The molecule has 1 atom stereocenters. The highest BCUT2D eigenvalue weighted by molar-refractivity contribution is 5.86. The van der Waals surface area contributed by atoms with Crippen LogP contribution in [0.2, 0.25) is 0 Å². The number of likely N-dealkylation sites (N-methyl/N-ethyl adjacent to an activating group) is 1. The molecular formula is C21H21FN6. The van der Waals surface area contributed by atoms with Crippen LogP contribution in [0.15, 0.2) is 42.7 Å². The molecule has 5 rings (SSSR count). The summed E-state index contributed by atoms with van der Waals surface area (Å²) in [5.74, 6) is -0.342. The fraction of sp³-hybridized carbons (Fsp3) is 0.286. The van der Waals surface area contributed by atoms with E-state index in [0.29, 0.717) is 22.9 Å². The molecule has 3 aromatic heterocycles. The Hall–Kier alpha value is -3.06. The number of anilines is 1. The third-order valence-electron chi connectivity index (χ3n) is 5.49. The highest BCUT2D eigenvalue weighted by Gasteiger charge is 2.20.